The van der Waals surface area contributed by atoms with Crippen molar-refractivity contribution in [3.8, 4) is 0 Å². The standard InChI is InChI=1S/C37H54BrN3O4S/c1-8-19-39(24-26-17-13-12-14-18-26)32(43)28-29-33(44)40(21-15-10-11-16-22-42)31(37(29)23-27(38)30(28)46-37)34(45)41(20-9-2)36(6,7)25-35(3,4)5/h8-9,12-14,17-18,27-31,42H,1-2,10-11,15-16,19-25H2,3-7H3/t27?,28-,29-,30-,31?,37?/m0/s1. The molecule has 3 heterocycles. The van der Waals surface area contributed by atoms with E-state index in [1.165, 1.54) is 0 Å². The number of hydrogen-bond acceptors (Lipinski definition) is 5. The van der Waals surface area contributed by atoms with Gasteiger partial charge in [-0.1, -0.05) is 92.0 Å². The van der Waals surface area contributed by atoms with Crippen molar-refractivity contribution in [2.75, 3.05) is 26.2 Å². The molecule has 1 aromatic carbocycles. The van der Waals surface area contributed by atoms with Gasteiger partial charge in [0.25, 0.3) is 0 Å². The Morgan fingerprint density at radius 1 is 1.04 bits per heavy atom. The van der Waals surface area contributed by atoms with Crippen LogP contribution in [0.4, 0.5) is 0 Å². The lowest BCUT2D eigenvalue weighted by Gasteiger charge is -2.46. The number of aliphatic hydroxyl groups excluding tert-OH is 1. The molecule has 0 saturated carbocycles. The zero-order valence-electron chi connectivity index (χ0n) is 28.4. The van der Waals surface area contributed by atoms with Crippen molar-refractivity contribution < 1.29 is 19.5 Å². The lowest BCUT2D eigenvalue weighted by Crippen LogP contribution is -2.60. The van der Waals surface area contributed by atoms with Gasteiger partial charge in [-0.05, 0) is 50.5 Å². The molecule has 4 rings (SSSR count). The third-order valence-electron chi connectivity index (χ3n) is 9.76. The summed E-state index contributed by atoms with van der Waals surface area (Å²) in [6.07, 6.45) is 8.15. The number of benzene rings is 1. The second kappa shape index (κ2) is 15.0. The summed E-state index contributed by atoms with van der Waals surface area (Å²) < 4.78 is -0.706. The Labute approximate surface area is 289 Å². The van der Waals surface area contributed by atoms with E-state index < -0.39 is 28.2 Å². The summed E-state index contributed by atoms with van der Waals surface area (Å²) in [4.78, 5) is 49.9. The number of carbonyl (C=O) groups is 3. The number of nitrogens with zero attached hydrogens (tertiary/aromatic N) is 3. The molecule has 3 aliphatic rings. The number of halogens is 1. The molecule has 3 fully saturated rings. The van der Waals surface area contributed by atoms with Crippen LogP contribution in [-0.4, -0.2) is 90.2 Å². The van der Waals surface area contributed by atoms with Gasteiger partial charge < -0.3 is 19.8 Å². The summed E-state index contributed by atoms with van der Waals surface area (Å²) in [6.45, 7) is 20.5. The molecule has 1 aromatic rings. The summed E-state index contributed by atoms with van der Waals surface area (Å²) in [5, 5.41) is 9.18. The van der Waals surface area contributed by atoms with Crippen molar-refractivity contribution in [2.24, 2.45) is 17.3 Å². The SMILES string of the molecule is C=CCN(Cc1ccccc1)C(=O)[C@H]1[C@H]2C(=O)N(CCCCCCO)C(C(=O)N(CC=C)C(C)(C)CC(C)(C)C)C23CC(Br)[C@@H]1S3. The molecule has 0 aliphatic carbocycles. The van der Waals surface area contributed by atoms with Gasteiger partial charge in [-0.2, -0.15) is 0 Å². The van der Waals surface area contributed by atoms with Gasteiger partial charge in [0.1, 0.15) is 6.04 Å². The van der Waals surface area contributed by atoms with Crippen LogP contribution >= 0.6 is 27.7 Å². The van der Waals surface area contributed by atoms with Gasteiger partial charge >= 0.3 is 0 Å². The van der Waals surface area contributed by atoms with Crippen LogP contribution in [-0.2, 0) is 20.9 Å². The van der Waals surface area contributed by atoms with Gasteiger partial charge in [-0.25, -0.2) is 0 Å². The van der Waals surface area contributed by atoms with Crippen LogP contribution in [0, 0.1) is 17.3 Å². The quantitative estimate of drug-likeness (QED) is 0.121. The van der Waals surface area contributed by atoms with Crippen LogP contribution in [0.25, 0.3) is 0 Å². The zero-order chi connectivity index (χ0) is 33.9. The fourth-order valence-electron chi connectivity index (χ4n) is 8.39. The molecule has 3 unspecified atom stereocenters. The first-order valence-electron chi connectivity index (χ1n) is 16.8. The van der Waals surface area contributed by atoms with Gasteiger partial charge in [0.2, 0.25) is 17.7 Å². The van der Waals surface area contributed by atoms with E-state index in [1.807, 2.05) is 45.0 Å². The first-order valence-corrected chi connectivity index (χ1v) is 18.6. The predicted molar refractivity (Wildman–Crippen MR) is 192 cm³/mol. The highest BCUT2D eigenvalue weighted by Crippen LogP contribution is 2.68. The number of rotatable bonds is 16. The Balaban J connectivity index is 1.75. The summed E-state index contributed by atoms with van der Waals surface area (Å²) in [5.41, 5.74) is 0.526. The largest absolute Gasteiger partial charge is 0.396 e. The fourth-order valence-corrected chi connectivity index (χ4v) is 12.0. The van der Waals surface area contributed by atoms with Crippen molar-refractivity contribution in [1.82, 2.24) is 14.7 Å². The minimum absolute atomic E-state index is 0.00745. The van der Waals surface area contributed by atoms with Crippen molar-refractivity contribution >= 4 is 45.4 Å². The molecule has 1 N–H and O–H groups in total. The average Bonchev–Trinajstić information content (AvgIpc) is 3.57. The summed E-state index contributed by atoms with van der Waals surface area (Å²) in [7, 11) is 0. The lowest BCUT2D eigenvalue weighted by atomic mass is 9.70. The van der Waals surface area contributed by atoms with E-state index in [0.29, 0.717) is 32.6 Å². The molecule has 46 heavy (non-hydrogen) atoms. The Morgan fingerprint density at radius 2 is 1.70 bits per heavy atom. The Bertz CT molecular complexity index is 1270. The molecule has 3 saturated heterocycles. The summed E-state index contributed by atoms with van der Waals surface area (Å²) in [5.74, 6) is -1.27. The average molecular weight is 717 g/mol. The number of hydrogen-bond donors (Lipinski definition) is 1. The van der Waals surface area contributed by atoms with E-state index in [9.17, 15) is 14.7 Å². The molecule has 6 atom stereocenters. The molecule has 7 nitrogen and oxygen atoms in total. The number of fused-ring (bicyclic) bond motifs is 1. The van der Waals surface area contributed by atoms with E-state index >= 15 is 4.79 Å². The van der Waals surface area contributed by atoms with Gasteiger partial charge in [0.05, 0.1) is 16.6 Å². The number of amides is 3. The monoisotopic (exact) mass is 715 g/mol. The molecule has 254 valence electrons. The minimum atomic E-state index is -0.706. The van der Waals surface area contributed by atoms with Crippen LogP contribution in [0.2, 0.25) is 0 Å². The molecule has 1 spiro atoms. The summed E-state index contributed by atoms with van der Waals surface area (Å²) in [6, 6.07) is 9.24. The van der Waals surface area contributed by atoms with Crippen molar-refractivity contribution in [1.29, 1.82) is 0 Å². The topological polar surface area (TPSA) is 81.2 Å². The molecular formula is C37H54BrN3O4S. The zero-order valence-corrected chi connectivity index (χ0v) is 30.8. The highest BCUT2D eigenvalue weighted by Gasteiger charge is 2.76. The Kier molecular flexibility index (Phi) is 12.0. The smallest absolute Gasteiger partial charge is 0.247 e. The van der Waals surface area contributed by atoms with Crippen molar-refractivity contribution in [3.63, 3.8) is 0 Å². The highest BCUT2D eigenvalue weighted by molar-refractivity contribution is 9.09. The molecule has 3 amide bonds. The predicted octanol–water partition coefficient (Wildman–Crippen LogP) is 6.45. The highest BCUT2D eigenvalue weighted by atomic mass is 79.9. The van der Waals surface area contributed by atoms with Crippen LogP contribution in [0.1, 0.15) is 78.7 Å². The van der Waals surface area contributed by atoms with Crippen LogP contribution in [0.15, 0.2) is 55.6 Å². The number of aliphatic hydroxyl groups is 1. The van der Waals surface area contributed by atoms with Crippen LogP contribution in [0.3, 0.4) is 0 Å². The number of thioether (sulfide) groups is 1. The molecular weight excluding hydrogens is 662 g/mol. The van der Waals surface area contributed by atoms with Gasteiger partial charge in [0, 0.05) is 48.4 Å². The van der Waals surface area contributed by atoms with Crippen molar-refractivity contribution in [2.45, 2.75) is 106 Å². The Hall–Kier alpha value is -2.10. The normalized spacial score (nSPS) is 27.1. The maximum atomic E-state index is 15.1. The van der Waals surface area contributed by atoms with Crippen LogP contribution < -0.4 is 0 Å². The maximum absolute atomic E-state index is 15.1. The van der Waals surface area contributed by atoms with Crippen LogP contribution in [0.5, 0.6) is 0 Å². The van der Waals surface area contributed by atoms with E-state index in [1.54, 1.807) is 23.9 Å². The minimum Gasteiger partial charge on any atom is -0.396 e. The third kappa shape index (κ3) is 7.46. The fraction of sp³-hybridized carbons (Fsp3) is 0.649. The lowest BCUT2D eigenvalue weighted by molar-refractivity contribution is -0.147. The van der Waals surface area contributed by atoms with Crippen molar-refractivity contribution in [3.05, 3.63) is 61.2 Å². The maximum Gasteiger partial charge on any atom is 0.247 e. The summed E-state index contributed by atoms with van der Waals surface area (Å²) >= 11 is 5.63. The van der Waals surface area contributed by atoms with E-state index in [0.717, 1.165) is 37.7 Å². The third-order valence-corrected chi connectivity index (χ3v) is 13.0. The first-order chi connectivity index (χ1) is 21.7. The van der Waals surface area contributed by atoms with Gasteiger partial charge in [-0.3, -0.25) is 14.4 Å². The number of unbranched alkanes of at least 4 members (excludes halogenated alkanes) is 3. The number of alkyl halides is 1. The molecule has 3 aliphatic heterocycles. The van der Waals surface area contributed by atoms with E-state index in [2.05, 4.69) is 63.7 Å². The van der Waals surface area contributed by atoms with Gasteiger partial charge in [-0.15, -0.1) is 24.9 Å². The molecule has 2 bridgehead atoms. The number of likely N-dealkylation sites (tertiary alicyclic amines) is 1. The van der Waals surface area contributed by atoms with E-state index in [-0.39, 0.29) is 39.8 Å². The Morgan fingerprint density at radius 3 is 2.30 bits per heavy atom. The second-order valence-corrected chi connectivity index (χ2v) is 17.8. The van der Waals surface area contributed by atoms with E-state index in [4.69, 9.17) is 0 Å². The molecule has 0 aromatic heterocycles. The molecule has 9 heteroatoms. The molecule has 0 radical (unpaired) electrons. The second-order valence-electron chi connectivity index (χ2n) is 15.1. The first kappa shape index (κ1) is 36.7. The van der Waals surface area contributed by atoms with Gasteiger partial charge in [0.15, 0.2) is 0 Å². The number of carbonyl (C=O) groups excluding carboxylic acids is 3.